The average Bonchev–Trinajstić information content (AvgIpc) is 2.94. The smallest absolute Gasteiger partial charge is 0.165 e. The third-order valence-electron chi connectivity index (χ3n) is 3.40. The molecule has 1 aliphatic heterocycles. The number of H-pyrrole nitrogens is 1. The van der Waals surface area contributed by atoms with Gasteiger partial charge in [-0.1, -0.05) is 0 Å². The van der Waals surface area contributed by atoms with Crippen molar-refractivity contribution < 1.29 is 9.50 Å². The summed E-state index contributed by atoms with van der Waals surface area (Å²) in [5.74, 6) is -0.115. The summed E-state index contributed by atoms with van der Waals surface area (Å²) in [6, 6.07) is 2.92. The number of hydrogen-bond acceptors (Lipinski definition) is 5. The van der Waals surface area contributed by atoms with E-state index in [-0.39, 0.29) is 18.2 Å². The van der Waals surface area contributed by atoms with Crippen molar-refractivity contribution in [1.82, 2.24) is 20.4 Å². The van der Waals surface area contributed by atoms with Gasteiger partial charge in [0, 0.05) is 12.7 Å². The molecule has 1 aliphatic rings. The van der Waals surface area contributed by atoms with Crippen LogP contribution in [0.2, 0.25) is 0 Å². The van der Waals surface area contributed by atoms with Crippen molar-refractivity contribution in [1.29, 1.82) is 0 Å². The Morgan fingerprint density at radius 1 is 1.47 bits per heavy atom. The first-order valence-electron chi connectivity index (χ1n) is 6.13. The van der Waals surface area contributed by atoms with E-state index in [1.54, 1.807) is 17.2 Å². The average molecular weight is 263 g/mol. The summed E-state index contributed by atoms with van der Waals surface area (Å²) in [4.78, 5) is 5.79. The van der Waals surface area contributed by atoms with Crippen LogP contribution in [0, 0.1) is 5.82 Å². The van der Waals surface area contributed by atoms with E-state index in [2.05, 4.69) is 20.4 Å². The van der Waals surface area contributed by atoms with Gasteiger partial charge in [0.1, 0.15) is 11.3 Å². The lowest BCUT2D eigenvalue weighted by Gasteiger charge is -2.38. The van der Waals surface area contributed by atoms with E-state index in [1.807, 2.05) is 0 Å². The Bertz CT molecular complexity index is 561. The second-order valence-electron chi connectivity index (χ2n) is 4.72. The van der Waals surface area contributed by atoms with Crippen LogP contribution >= 0.6 is 0 Å². The zero-order valence-corrected chi connectivity index (χ0v) is 10.3. The quantitative estimate of drug-likeness (QED) is 0.839. The lowest BCUT2D eigenvalue weighted by molar-refractivity contribution is 0.0173. The van der Waals surface area contributed by atoms with E-state index in [1.165, 1.54) is 12.3 Å². The van der Waals surface area contributed by atoms with E-state index >= 15 is 0 Å². The third-order valence-corrected chi connectivity index (χ3v) is 3.40. The monoisotopic (exact) mass is 263 g/mol. The number of halogens is 1. The number of pyridine rings is 1. The number of aromatic amines is 1. The van der Waals surface area contributed by atoms with Crippen molar-refractivity contribution in [3.63, 3.8) is 0 Å². The highest BCUT2D eigenvalue weighted by atomic mass is 19.1. The molecule has 3 rings (SSSR count). The van der Waals surface area contributed by atoms with Gasteiger partial charge < -0.3 is 10.0 Å². The number of anilines is 1. The Morgan fingerprint density at radius 2 is 2.37 bits per heavy atom. The van der Waals surface area contributed by atoms with E-state index < -0.39 is 5.60 Å². The molecule has 0 amide bonds. The molecule has 3 heterocycles. The van der Waals surface area contributed by atoms with Crippen molar-refractivity contribution in [3.05, 3.63) is 36.0 Å². The first kappa shape index (κ1) is 12.0. The molecule has 6 nitrogen and oxygen atoms in total. The fourth-order valence-corrected chi connectivity index (χ4v) is 2.46. The number of aliphatic hydroxyl groups is 1. The molecule has 0 saturated carbocycles. The fraction of sp³-hybridized carbons (Fsp3) is 0.417. The molecular formula is C12H14FN5O. The van der Waals surface area contributed by atoms with Crippen LogP contribution in [0.4, 0.5) is 10.2 Å². The van der Waals surface area contributed by atoms with Gasteiger partial charge in [0.2, 0.25) is 0 Å². The number of nitrogens with zero attached hydrogens (tertiary/aromatic N) is 4. The highest BCUT2D eigenvalue weighted by molar-refractivity contribution is 5.41. The van der Waals surface area contributed by atoms with Gasteiger partial charge in [-0.05, 0) is 25.0 Å². The second-order valence-corrected chi connectivity index (χ2v) is 4.72. The van der Waals surface area contributed by atoms with Crippen LogP contribution in [0.5, 0.6) is 0 Å². The molecular weight excluding hydrogens is 249 g/mol. The van der Waals surface area contributed by atoms with Crippen molar-refractivity contribution >= 4 is 5.82 Å². The Labute approximate surface area is 109 Å². The van der Waals surface area contributed by atoms with Crippen molar-refractivity contribution in [2.45, 2.75) is 18.4 Å². The van der Waals surface area contributed by atoms with Crippen molar-refractivity contribution in [2.75, 3.05) is 18.0 Å². The standard InChI is InChI=1S/C12H14FN5O/c13-9-3-1-5-14-11(9)18-6-2-4-12(19,8-18)10-7-15-17-16-10/h1,3,5,7,19H,2,4,6,8H2,(H,15,16,17). The summed E-state index contributed by atoms with van der Waals surface area (Å²) in [6.07, 6.45) is 4.35. The number of rotatable bonds is 2. The fourth-order valence-electron chi connectivity index (χ4n) is 2.46. The summed E-state index contributed by atoms with van der Waals surface area (Å²) >= 11 is 0. The summed E-state index contributed by atoms with van der Waals surface area (Å²) in [7, 11) is 0. The largest absolute Gasteiger partial charge is 0.382 e. The molecule has 100 valence electrons. The first-order chi connectivity index (χ1) is 9.19. The number of aromatic nitrogens is 4. The van der Waals surface area contributed by atoms with Crippen LogP contribution in [-0.2, 0) is 5.60 Å². The maximum Gasteiger partial charge on any atom is 0.165 e. The van der Waals surface area contributed by atoms with Gasteiger partial charge in [0.05, 0.1) is 12.7 Å². The summed E-state index contributed by atoms with van der Waals surface area (Å²) in [5, 5.41) is 20.8. The summed E-state index contributed by atoms with van der Waals surface area (Å²) < 4.78 is 13.7. The normalized spacial score (nSPS) is 23.6. The molecule has 2 aromatic rings. The van der Waals surface area contributed by atoms with Gasteiger partial charge in [-0.2, -0.15) is 15.4 Å². The van der Waals surface area contributed by atoms with Gasteiger partial charge in [-0.15, -0.1) is 0 Å². The minimum Gasteiger partial charge on any atom is -0.382 e. The Hall–Kier alpha value is -2.02. The van der Waals surface area contributed by atoms with Crippen molar-refractivity contribution in [2.24, 2.45) is 0 Å². The molecule has 2 aromatic heterocycles. The van der Waals surface area contributed by atoms with Gasteiger partial charge >= 0.3 is 0 Å². The van der Waals surface area contributed by atoms with E-state index in [9.17, 15) is 9.50 Å². The SMILES string of the molecule is OC1(c2cn[nH]n2)CCCN(c2ncccc2F)C1. The van der Waals surface area contributed by atoms with E-state index in [0.29, 0.717) is 18.7 Å². The maximum absolute atomic E-state index is 13.7. The van der Waals surface area contributed by atoms with Crippen LogP contribution in [0.25, 0.3) is 0 Å². The molecule has 1 unspecified atom stereocenters. The van der Waals surface area contributed by atoms with Gasteiger partial charge in [0.25, 0.3) is 0 Å². The van der Waals surface area contributed by atoms with E-state index in [4.69, 9.17) is 0 Å². The molecule has 1 atom stereocenters. The Balaban J connectivity index is 1.88. The lowest BCUT2D eigenvalue weighted by Crippen LogP contribution is -2.47. The predicted molar refractivity (Wildman–Crippen MR) is 65.9 cm³/mol. The molecule has 0 bridgehead atoms. The van der Waals surface area contributed by atoms with Crippen LogP contribution in [0.15, 0.2) is 24.5 Å². The van der Waals surface area contributed by atoms with E-state index in [0.717, 1.165) is 6.42 Å². The Morgan fingerprint density at radius 3 is 3.11 bits per heavy atom. The molecule has 0 aliphatic carbocycles. The number of piperidine rings is 1. The van der Waals surface area contributed by atoms with Crippen LogP contribution in [-0.4, -0.2) is 38.6 Å². The molecule has 7 heteroatoms. The van der Waals surface area contributed by atoms with Gasteiger partial charge in [-0.25, -0.2) is 9.37 Å². The minimum atomic E-state index is -1.12. The highest BCUT2D eigenvalue weighted by Gasteiger charge is 2.38. The maximum atomic E-state index is 13.7. The lowest BCUT2D eigenvalue weighted by atomic mass is 9.90. The number of hydrogen-bond donors (Lipinski definition) is 2. The van der Waals surface area contributed by atoms with Crippen LogP contribution in [0.3, 0.4) is 0 Å². The molecule has 0 radical (unpaired) electrons. The molecule has 19 heavy (non-hydrogen) atoms. The summed E-state index contributed by atoms with van der Waals surface area (Å²) in [6.45, 7) is 0.918. The van der Waals surface area contributed by atoms with Gasteiger partial charge in [0.15, 0.2) is 11.6 Å². The van der Waals surface area contributed by atoms with Crippen LogP contribution in [0.1, 0.15) is 18.5 Å². The van der Waals surface area contributed by atoms with Gasteiger partial charge in [-0.3, -0.25) is 0 Å². The summed E-state index contributed by atoms with van der Waals surface area (Å²) in [5.41, 5.74) is -0.636. The molecule has 1 fully saturated rings. The highest BCUT2D eigenvalue weighted by Crippen LogP contribution is 2.32. The molecule has 0 spiro atoms. The molecule has 1 saturated heterocycles. The third kappa shape index (κ3) is 2.17. The molecule has 0 aromatic carbocycles. The predicted octanol–water partition coefficient (Wildman–Crippen LogP) is 0.827. The zero-order chi connectivity index (χ0) is 13.3. The zero-order valence-electron chi connectivity index (χ0n) is 10.3. The topological polar surface area (TPSA) is 77.9 Å². The Kier molecular flexibility index (Phi) is 2.90. The van der Waals surface area contributed by atoms with Crippen LogP contribution < -0.4 is 4.90 Å². The minimum absolute atomic E-state index is 0.257. The van der Waals surface area contributed by atoms with Crippen molar-refractivity contribution in [3.8, 4) is 0 Å². The second kappa shape index (κ2) is 4.58. The molecule has 2 N–H and O–H groups in total. The first-order valence-corrected chi connectivity index (χ1v) is 6.13. The number of nitrogens with one attached hydrogen (secondary N) is 1. The number of β-amino-alcohol motifs (C(OH)–C–C–N with tert-alkyl or cyclic N) is 1.